The summed E-state index contributed by atoms with van der Waals surface area (Å²) in [6.45, 7) is 1.79. The van der Waals surface area contributed by atoms with Crippen molar-refractivity contribution in [2.45, 2.75) is 30.8 Å². The second-order valence-corrected chi connectivity index (χ2v) is 7.44. The molecule has 1 aliphatic heterocycles. The quantitative estimate of drug-likeness (QED) is 0.808. The van der Waals surface area contributed by atoms with E-state index in [4.69, 9.17) is 0 Å². The normalized spacial score (nSPS) is 32.4. The van der Waals surface area contributed by atoms with Gasteiger partial charge in [-0.2, -0.15) is 0 Å². The van der Waals surface area contributed by atoms with E-state index in [-0.39, 0.29) is 29.8 Å². The third-order valence-corrected chi connectivity index (χ3v) is 6.29. The summed E-state index contributed by atoms with van der Waals surface area (Å²) in [7, 11) is 0. The molecule has 2 nitrogen and oxygen atoms in total. The number of hydrogen-bond acceptors (Lipinski definition) is 2. The van der Waals surface area contributed by atoms with Gasteiger partial charge in [0.1, 0.15) is 0 Å². The molecule has 0 saturated carbocycles. The maximum absolute atomic E-state index is 10.5. The van der Waals surface area contributed by atoms with Gasteiger partial charge in [0, 0.05) is 17.9 Å². The lowest BCUT2D eigenvalue weighted by Gasteiger charge is -2.36. The molecule has 3 unspecified atom stereocenters. The fourth-order valence-electron chi connectivity index (χ4n) is 5.06. The van der Waals surface area contributed by atoms with Crippen molar-refractivity contribution in [3.63, 3.8) is 0 Å². The second kappa shape index (κ2) is 6.28. The van der Waals surface area contributed by atoms with E-state index in [1.807, 2.05) is 0 Å². The lowest BCUT2D eigenvalue weighted by atomic mass is 9.69. The molecular formula is C22H24ClNO. The minimum atomic E-state index is -0.233. The first-order valence-corrected chi connectivity index (χ1v) is 9.09. The Hall–Kier alpha value is -1.61. The number of halogens is 1. The van der Waals surface area contributed by atoms with Gasteiger partial charge in [-0.15, -0.1) is 12.4 Å². The average molecular weight is 354 g/mol. The van der Waals surface area contributed by atoms with Crippen molar-refractivity contribution in [1.29, 1.82) is 0 Å². The zero-order valence-electron chi connectivity index (χ0n) is 14.2. The number of aliphatic hydroxyl groups is 1. The summed E-state index contributed by atoms with van der Waals surface area (Å²) in [5.74, 6) is 0.207. The Labute approximate surface area is 155 Å². The predicted octanol–water partition coefficient (Wildman–Crippen LogP) is 3.63. The SMILES string of the molecule is Cl.OC1CCNCC1C1=CC=C2C1=CC=CC21CCc2ccccc21. The van der Waals surface area contributed by atoms with Crippen LogP contribution in [0.1, 0.15) is 24.0 Å². The van der Waals surface area contributed by atoms with Crippen LogP contribution in [-0.4, -0.2) is 24.3 Å². The topological polar surface area (TPSA) is 32.3 Å². The van der Waals surface area contributed by atoms with Crippen LogP contribution in [0, 0.1) is 5.92 Å². The monoisotopic (exact) mass is 353 g/mol. The number of aryl methyl sites for hydroxylation is 1. The van der Waals surface area contributed by atoms with Gasteiger partial charge in [-0.25, -0.2) is 0 Å². The Morgan fingerprint density at radius 1 is 1.12 bits per heavy atom. The predicted molar refractivity (Wildman–Crippen MR) is 104 cm³/mol. The number of allylic oxidation sites excluding steroid dienone is 7. The number of nitrogens with one attached hydrogen (secondary N) is 1. The number of fused-ring (bicyclic) bond motifs is 4. The third-order valence-electron chi connectivity index (χ3n) is 6.29. The Balaban J connectivity index is 0.00000157. The zero-order chi connectivity index (χ0) is 16.1. The van der Waals surface area contributed by atoms with Crippen molar-refractivity contribution in [2.24, 2.45) is 5.92 Å². The van der Waals surface area contributed by atoms with Crippen LogP contribution < -0.4 is 5.32 Å². The van der Waals surface area contributed by atoms with Gasteiger partial charge < -0.3 is 10.4 Å². The Morgan fingerprint density at radius 2 is 2.00 bits per heavy atom. The molecule has 3 heteroatoms. The zero-order valence-corrected chi connectivity index (χ0v) is 15.1. The molecule has 0 radical (unpaired) electrons. The van der Waals surface area contributed by atoms with Gasteiger partial charge in [0.2, 0.25) is 0 Å². The highest BCUT2D eigenvalue weighted by atomic mass is 35.5. The lowest BCUT2D eigenvalue weighted by molar-refractivity contribution is 0.0972. The number of rotatable bonds is 1. The van der Waals surface area contributed by atoms with Crippen molar-refractivity contribution in [3.05, 3.63) is 82.5 Å². The van der Waals surface area contributed by atoms with Gasteiger partial charge >= 0.3 is 0 Å². The minimum absolute atomic E-state index is 0. The van der Waals surface area contributed by atoms with E-state index in [0.717, 1.165) is 32.4 Å². The molecular weight excluding hydrogens is 330 g/mol. The third kappa shape index (κ3) is 2.39. The highest BCUT2D eigenvalue weighted by Crippen LogP contribution is 2.53. The van der Waals surface area contributed by atoms with Crippen LogP contribution in [0.5, 0.6) is 0 Å². The van der Waals surface area contributed by atoms with E-state index in [9.17, 15) is 5.11 Å². The lowest BCUT2D eigenvalue weighted by Crippen LogP contribution is -2.41. The van der Waals surface area contributed by atoms with Crippen LogP contribution in [0.25, 0.3) is 0 Å². The smallest absolute Gasteiger partial charge is 0.0633 e. The van der Waals surface area contributed by atoms with Crippen LogP contribution in [0.2, 0.25) is 0 Å². The van der Waals surface area contributed by atoms with Crippen LogP contribution in [0.3, 0.4) is 0 Å². The number of hydrogen-bond donors (Lipinski definition) is 2. The van der Waals surface area contributed by atoms with Crippen molar-refractivity contribution in [1.82, 2.24) is 5.32 Å². The van der Waals surface area contributed by atoms with Crippen LogP contribution in [-0.2, 0) is 11.8 Å². The van der Waals surface area contributed by atoms with Crippen molar-refractivity contribution < 1.29 is 5.11 Å². The van der Waals surface area contributed by atoms with Crippen LogP contribution >= 0.6 is 12.4 Å². The number of benzene rings is 1. The molecule has 1 fully saturated rings. The van der Waals surface area contributed by atoms with E-state index in [1.165, 1.54) is 27.8 Å². The van der Waals surface area contributed by atoms with Gasteiger partial charge in [-0.1, -0.05) is 54.6 Å². The Bertz CT molecular complexity index is 819. The fraction of sp³-hybridized carbons (Fsp3) is 0.364. The average Bonchev–Trinajstić information content (AvgIpc) is 3.20. The van der Waals surface area contributed by atoms with Gasteiger partial charge in [-0.05, 0) is 53.7 Å². The second-order valence-electron chi connectivity index (χ2n) is 7.44. The largest absolute Gasteiger partial charge is 0.392 e. The first-order chi connectivity index (χ1) is 11.8. The molecule has 1 aromatic carbocycles. The summed E-state index contributed by atoms with van der Waals surface area (Å²) >= 11 is 0. The molecule has 3 aliphatic carbocycles. The van der Waals surface area contributed by atoms with Crippen molar-refractivity contribution in [3.8, 4) is 0 Å². The fourth-order valence-corrected chi connectivity index (χ4v) is 5.06. The van der Waals surface area contributed by atoms with E-state index in [0.29, 0.717) is 0 Å². The van der Waals surface area contributed by atoms with Crippen LogP contribution in [0.15, 0.2) is 71.4 Å². The molecule has 3 atom stereocenters. The van der Waals surface area contributed by atoms with Gasteiger partial charge in [-0.3, -0.25) is 0 Å². The molecule has 1 spiro atoms. The van der Waals surface area contributed by atoms with E-state index >= 15 is 0 Å². The van der Waals surface area contributed by atoms with Crippen LogP contribution in [0.4, 0.5) is 0 Å². The molecule has 0 amide bonds. The summed E-state index contributed by atoms with van der Waals surface area (Å²) in [6, 6.07) is 8.88. The Morgan fingerprint density at radius 3 is 2.88 bits per heavy atom. The summed E-state index contributed by atoms with van der Waals surface area (Å²) in [5.41, 5.74) is 7.08. The molecule has 5 rings (SSSR count). The van der Waals surface area contributed by atoms with Crippen molar-refractivity contribution in [2.75, 3.05) is 13.1 Å². The van der Waals surface area contributed by atoms with E-state index in [1.54, 1.807) is 0 Å². The first-order valence-electron chi connectivity index (χ1n) is 9.09. The number of piperidine rings is 1. The first kappa shape index (κ1) is 16.8. The highest BCUT2D eigenvalue weighted by Gasteiger charge is 2.44. The maximum Gasteiger partial charge on any atom is 0.0633 e. The summed E-state index contributed by atoms with van der Waals surface area (Å²) in [5, 5.41) is 13.9. The molecule has 25 heavy (non-hydrogen) atoms. The van der Waals surface area contributed by atoms with E-state index in [2.05, 4.69) is 60.0 Å². The maximum atomic E-state index is 10.5. The Kier molecular flexibility index (Phi) is 4.23. The highest BCUT2D eigenvalue weighted by molar-refractivity contribution is 5.85. The molecule has 1 heterocycles. The molecule has 130 valence electrons. The summed E-state index contributed by atoms with van der Waals surface area (Å²) in [4.78, 5) is 0. The minimum Gasteiger partial charge on any atom is -0.392 e. The van der Waals surface area contributed by atoms with Gasteiger partial charge in [0.15, 0.2) is 0 Å². The van der Waals surface area contributed by atoms with Crippen molar-refractivity contribution >= 4 is 12.4 Å². The summed E-state index contributed by atoms with van der Waals surface area (Å²) in [6.07, 6.45) is 14.4. The number of aliphatic hydroxyl groups excluding tert-OH is 1. The molecule has 2 N–H and O–H groups in total. The molecule has 0 aromatic heterocycles. The summed E-state index contributed by atoms with van der Waals surface area (Å²) < 4.78 is 0. The van der Waals surface area contributed by atoms with Gasteiger partial charge in [0.25, 0.3) is 0 Å². The molecule has 1 saturated heterocycles. The van der Waals surface area contributed by atoms with Gasteiger partial charge in [0.05, 0.1) is 6.10 Å². The standard InChI is InChI=1S/C22H23NO.ClH/c24-21-10-13-23-14-18(21)16-7-8-20-17(16)5-3-11-22(20)12-9-15-4-1-2-6-19(15)22;/h1-8,11,18,21,23-24H,9-10,12-14H2;1H. The molecule has 0 bridgehead atoms. The molecule has 4 aliphatic rings. The van der Waals surface area contributed by atoms with E-state index < -0.39 is 0 Å². The molecule has 1 aromatic rings.